The van der Waals surface area contributed by atoms with Gasteiger partial charge in [-0.3, -0.25) is 9.36 Å². The number of aryl methyl sites for hydroxylation is 3. The summed E-state index contributed by atoms with van der Waals surface area (Å²) >= 11 is 0. The van der Waals surface area contributed by atoms with Gasteiger partial charge in [-0.15, -0.1) is 0 Å². The van der Waals surface area contributed by atoms with Crippen LogP contribution < -0.4 is 10.6 Å². The molecule has 9 nitrogen and oxygen atoms in total. The highest BCUT2D eigenvalue weighted by Crippen LogP contribution is 2.12. The second-order valence-electron chi connectivity index (χ2n) is 5.48. The number of anilines is 1. The third-order valence-electron chi connectivity index (χ3n) is 3.61. The third-order valence-corrected chi connectivity index (χ3v) is 3.61. The number of hydrogen-bond acceptors (Lipinski definition) is 7. The maximum absolute atomic E-state index is 12.0. The fraction of sp³-hybridized carbons (Fsp3) is 0.312. The molecule has 0 saturated heterocycles. The van der Waals surface area contributed by atoms with Gasteiger partial charge < -0.3 is 15.2 Å². The van der Waals surface area contributed by atoms with Crippen molar-refractivity contribution in [3.63, 3.8) is 0 Å². The quantitative estimate of drug-likeness (QED) is 0.652. The van der Waals surface area contributed by atoms with E-state index in [1.807, 2.05) is 30.7 Å². The number of rotatable bonds is 6. The van der Waals surface area contributed by atoms with Crippen LogP contribution in [0.1, 0.15) is 27.8 Å². The Labute approximate surface area is 144 Å². The normalized spacial score (nSPS) is 10.7. The highest BCUT2D eigenvalue weighted by Gasteiger charge is 2.12. The molecule has 3 aromatic rings. The van der Waals surface area contributed by atoms with Crippen LogP contribution in [0, 0.1) is 20.8 Å². The standard InChI is InChI=1S/C16H19N7O2/c1-10-13(9-20-25-10)16(24)19-5-4-18-14-8-15(22-11(2)21-14)23-7-6-17-12(23)3/h6-9H,4-5H2,1-3H3,(H,19,24)(H,18,21,22). The van der Waals surface area contributed by atoms with Crippen LogP contribution in [0.25, 0.3) is 5.82 Å². The molecule has 0 aliphatic carbocycles. The van der Waals surface area contributed by atoms with E-state index in [1.165, 1.54) is 6.20 Å². The summed E-state index contributed by atoms with van der Waals surface area (Å²) in [6, 6.07) is 1.84. The molecule has 0 spiro atoms. The molecule has 130 valence electrons. The number of carbonyl (C=O) groups excluding carboxylic acids is 1. The summed E-state index contributed by atoms with van der Waals surface area (Å²) in [6.45, 7) is 6.40. The average molecular weight is 341 g/mol. The van der Waals surface area contributed by atoms with Crippen LogP contribution in [0.3, 0.4) is 0 Å². The predicted molar refractivity (Wildman–Crippen MR) is 90.7 cm³/mol. The van der Waals surface area contributed by atoms with Crippen LogP contribution >= 0.6 is 0 Å². The van der Waals surface area contributed by atoms with Crippen LogP contribution in [0.15, 0.2) is 29.2 Å². The molecule has 9 heteroatoms. The summed E-state index contributed by atoms with van der Waals surface area (Å²) < 4.78 is 6.77. The lowest BCUT2D eigenvalue weighted by Crippen LogP contribution is -2.29. The first-order valence-corrected chi connectivity index (χ1v) is 7.84. The van der Waals surface area contributed by atoms with E-state index in [9.17, 15) is 4.79 Å². The van der Waals surface area contributed by atoms with Crippen molar-refractivity contribution in [2.75, 3.05) is 18.4 Å². The number of carbonyl (C=O) groups is 1. The van der Waals surface area contributed by atoms with Crippen molar-refractivity contribution in [1.29, 1.82) is 0 Å². The highest BCUT2D eigenvalue weighted by atomic mass is 16.5. The van der Waals surface area contributed by atoms with Crippen LogP contribution in [0.2, 0.25) is 0 Å². The molecule has 3 rings (SSSR count). The summed E-state index contributed by atoms with van der Waals surface area (Å²) in [7, 11) is 0. The van der Waals surface area contributed by atoms with Crippen molar-refractivity contribution in [2.24, 2.45) is 0 Å². The number of hydrogen-bond donors (Lipinski definition) is 2. The molecule has 3 aromatic heterocycles. The van der Waals surface area contributed by atoms with Crippen LogP contribution in [0.5, 0.6) is 0 Å². The van der Waals surface area contributed by atoms with Gasteiger partial charge in [0.15, 0.2) is 0 Å². The minimum Gasteiger partial charge on any atom is -0.368 e. The van der Waals surface area contributed by atoms with Gasteiger partial charge in [0.05, 0.1) is 6.20 Å². The molecular formula is C16H19N7O2. The fourth-order valence-electron chi connectivity index (χ4n) is 2.36. The van der Waals surface area contributed by atoms with Gasteiger partial charge in [0, 0.05) is 31.5 Å². The molecule has 0 saturated carbocycles. The Kier molecular flexibility index (Phi) is 4.73. The van der Waals surface area contributed by atoms with Crippen molar-refractivity contribution in [2.45, 2.75) is 20.8 Å². The molecular weight excluding hydrogens is 322 g/mol. The number of nitrogens with one attached hydrogen (secondary N) is 2. The van der Waals surface area contributed by atoms with Gasteiger partial charge in [-0.25, -0.2) is 15.0 Å². The molecule has 0 aromatic carbocycles. The Hall–Kier alpha value is -3.23. The van der Waals surface area contributed by atoms with E-state index in [4.69, 9.17) is 4.52 Å². The van der Waals surface area contributed by atoms with Gasteiger partial charge >= 0.3 is 0 Å². The molecule has 0 fully saturated rings. The lowest BCUT2D eigenvalue weighted by Gasteiger charge is -2.10. The summed E-state index contributed by atoms with van der Waals surface area (Å²) in [5.41, 5.74) is 0.441. The van der Waals surface area contributed by atoms with Gasteiger partial charge in [0.25, 0.3) is 5.91 Å². The Balaban J connectivity index is 1.58. The van der Waals surface area contributed by atoms with Crippen molar-refractivity contribution in [3.8, 4) is 5.82 Å². The van der Waals surface area contributed by atoms with Crippen LogP contribution in [-0.2, 0) is 0 Å². The number of amides is 1. The predicted octanol–water partition coefficient (Wildman–Crippen LogP) is 1.42. The largest absolute Gasteiger partial charge is 0.368 e. The number of nitrogens with zero attached hydrogens (tertiary/aromatic N) is 5. The van der Waals surface area contributed by atoms with E-state index >= 15 is 0 Å². The molecule has 0 radical (unpaired) electrons. The molecule has 0 bridgehead atoms. The van der Waals surface area contributed by atoms with Gasteiger partial charge in [-0.1, -0.05) is 5.16 Å². The number of imidazole rings is 1. The van der Waals surface area contributed by atoms with Crippen molar-refractivity contribution in [3.05, 3.63) is 47.6 Å². The van der Waals surface area contributed by atoms with Gasteiger partial charge in [0.2, 0.25) is 0 Å². The average Bonchev–Trinajstić information content (AvgIpc) is 3.19. The second kappa shape index (κ2) is 7.12. The van der Waals surface area contributed by atoms with E-state index in [-0.39, 0.29) is 5.91 Å². The van der Waals surface area contributed by atoms with E-state index < -0.39 is 0 Å². The summed E-state index contributed by atoms with van der Waals surface area (Å²) in [5.74, 6) is 3.21. The van der Waals surface area contributed by atoms with E-state index in [2.05, 4.69) is 30.7 Å². The van der Waals surface area contributed by atoms with Gasteiger partial charge in [-0.2, -0.15) is 0 Å². The molecule has 0 aliphatic rings. The van der Waals surface area contributed by atoms with E-state index in [0.29, 0.717) is 36.1 Å². The van der Waals surface area contributed by atoms with Gasteiger partial charge in [0.1, 0.15) is 34.6 Å². The lowest BCUT2D eigenvalue weighted by molar-refractivity contribution is 0.0953. The molecule has 25 heavy (non-hydrogen) atoms. The zero-order valence-corrected chi connectivity index (χ0v) is 14.3. The number of aromatic nitrogens is 5. The monoisotopic (exact) mass is 341 g/mol. The van der Waals surface area contributed by atoms with Crippen molar-refractivity contribution < 1.29 is 9.32 Å². The van der Waals surface area contributed by atoms with Crippen LogP contribution in [-0.4, -0.2) is 43.7 Å². The Morgan fingerprint density at radius 2 is 2.08 bits per heavy atom. The first-order valence-electron chi connectivity index (χ1n) is 7.84. The first kappa shape index (κ1) is 16.6. The minimum atomic E-state index is -0.214. The second-order valence-corrected chi connectivity index (χ2v) is 5.48. The van der Waals surface area contributed by atoms with E-state index in [0.717, 1.165) is 11.6 Å². The summed E-state index contributed by atoms with van der Waals surface area (Å²) in [5, 5.41) is 9.58. The lowest BCUT2D eigenvalue weighted by atomic mass is 10.2. The third kappa shape index (κ3) is 3.82. The Bertz CT molecular complexity index is 884. The zero-order chi connectivity index (χ0) is 17.8. The smallest absolute Gasteiger partial charge is 0.256 e. The first-order chi connectivity index (χ1) is 12.0. The molecule has 0 unspecified atom stereocenters. The Morgan fingerprint density at radius 3 is 2.76 bits per heavy atom. The highest BCUT2D eigenvalue weighted by molar-refractivity contribution is 5.94. The molecule has 3 heterocycles. The maximum Gasteiger partial charge on any atom is 0.256 e. The van der Waals surface area contributed by atoms with Gasteiger partial charge in [-0.05, 0) is 20.8 Å². The molecule has 2 N–H and O–H groups in total. The molecule has 0 atom stereocenters. The van der Waals surface area contributed by atoms with Crippen molar-refractivity contribution in [1.82, 2.24) is 30.0 Å². The van der Waals surface area contributed by atoms with Crippen LogP contribution in [0.4, 0.5) is 5.82 Å². The molecule has 1 amide bonds. The SMILES string of the molecule is Cc1nc(NCCNC(=O)c2cnoc2C)cc(-n2ccnc2C)n1. The minimum absolute atomic E-state index is 0.214. The maximum atomic E-state index is 12.0. The van der Waals surface area contributed by atoms with E-state index in [1.54, 1.807) is 13.1 Å². The summed E-state index contributed by atoms with van der Waals surface area (Å²) in [4.78, 5) is 24.9. The fourth-order valence-corrected chi connectivity index (χ4v) is 2.36. The van der Waals surface area contributed by atoms with Crippen molar-refractivity contribution >= 4 is 11.7 Å². The summed E-state index contributed by atoms with van der Waals surface area (Å²) in [6.07, 6.45) is 4.98. The topological polar surface area (TPSA) is 111 Å². The molecule has 0 aliphatic heterocycles. The Morgan fingerprint density at radius 1 is 1.24 bits per heavy atom. The zero-order valence-electron chi connectivity index (χ0n) is 14.3.